The summed E-state index contributed by atoms with van der Waals surface area (Å²) in [4.78, 5) is 14.8. The molecule has 0 unspecified atom stereocenters. The molecule has 16 heavy (non-hydrogen) atoms. The number of carbonyl (C=O) groups is 1. The van der Waals surface area contributed by atoms with Crippen LogP contribution in [0.3, 0.4) is 0 Å². The number of pyridine rings is 1. The zero-order valence-electron chi connectivity index (χ0n) is 9.47. The third kappa shape index (κ3) is 3.20. The minimum Gasteiger partial charge on any atom is -0.394 e. The summed E-state index contributed by atoms with van der Waals surface area (Å²) in [7, 11) is 0. The van der Waals surface area contributed by atoms with E-state index < -0.39 is 5.91 Å². The first-order valence-electron chi connectivity index (χ1n) is 5.18. The van der Waals surface area contributed by atoms with Crippen molar-refractivity contribution in [1.82, 2.24) is 4.98 Å². The minimum absolute atomic E-state index is 0.0336. The van der Waals surface area contributed by atoms with E-state index in [2.05, 4.69) is 10.3 Å². The summed E-state index contributed by atoms with van der Waals surface area (Å²) < 4.78 is 0. The SMILES string of the molecule is CC(C)[C@@H](CO)Nc1ccnc(C(N)=O)c1. The number of amides is 1. The molecule has 0 saturated carbocycles. The van der Waals surface area contributed by atoms with Gasteiger partial charge in [-0.25, -0.2) is 0 Å². The summed E-state index contributed by atoms with van der Waals surface area (Å²) in [6.07, 6.45) is 1.51. The Morgan fingerprint density at radius 3 is 2.81 bits per heavy atom. The Bertz CT molecular complexity index is 366. The number of aliphatic hydroxyl groups excluding tert-OH is 1. The molecule has 5 nitrogen and oxygen atoms in total. The van der Waals surface area contributed by atoms with Crippen LogP contribution in [0.5, 0.6) is 0 Å². The van der Waals surface area contributed by atoms with Gasteiger partial charge in [-0.1, -0.05) is 13.8 Å². The van der Waals surface area contributed by atoms with E-state index in [1.165, 1.54) is 6.20 Å². The summed E-state index contributed by atoms with van der Waals surface area (Å²) in [6.45, 7) is 4.04. The van der Waals surface area contributed by atoms with E-state index in [1.807, 2.05) is 13.8 Å². The van der Waals surface area contributed by atoms with Crippen molar-refractivity contribution in [2.75, 3.05) is 11.9 Å². The van der Waals surface area contributed by atoms with Crippen LogP contribution in [-0.4, -0.2) is 28.6 Å². The third-order valence-electron chi connectivity index (χ3n) is 2.37. The standard InChI is InChI=1S/C11H17N3O2/c1-7(2)10(6-15)14-8-3-4-13-9(5-8)11(12)16/h3-5,7,10,15H,6H2,1-2H3,(H2,12,16)(H,13,14)/t10-/m1/s1. The van der Waals surface area contributed by atoms with Gasteiger partial charge in [-0.3, -0.25) is 9.78 Å². The van der Waals surface area contributed by atoms with Crippen LogP contribution in [0.2, 0.25) is 0 Å². The van der Waals surface area contributed by atoms with Crippen molar-refractivity contribution in [3.63, 3.8) is 0 Å². The molecule has 0 radical (unpaired) electrons. The van der Waals surface area contributed by atoms with E-state index in [9.17, 15) is 4.79 Å². The Morgan fingerprint density at radius 2 is 2.31 bits per heavy atom. The van der Waals surface area contributed by atoms with Gasteiger partial charge in [-0.05, 0) is 18.1 Å². The molecule has 1 heterocycles. The Morgan fingerprint density at radius 1 is 1.62 bits per heavy atom. The van der Waals surface area contributed by atoms with Gasteiger partial charge in [0.2, 0.25) is 0 Å². The quantitative estimate of drug-likeness (QED) is 0.682. The molecule has 0 aliphatic heterocycles. The third-order valence-corrected chi connectivity index (χ3v) is 2.37. The van der Waals surface area contributed by atoms with E-state index >= 15 is 0 Å². The molecule has 0 bridgehead atoms. The van der Waals surface area contributed by atoms with Crippen LogP contribution in [-0.2, 0) is 0 Å². The van der Waals surface area contributed by atoms with Crippen LogP contribution in [0.15, 0.2) is 18.3 Å². The van der Waals surface area contributed by atoms with E-state index in [0.717, 1.165) is 5.69 Å². The number of nitrogens with zero attached hydrogens (tertiary/aromatic N) is 1. The predicted octanol–water partition coefficient (Wildman–Crippen LogP) is 0.609. The van der Waals surface area contributed by atoms with Crippen molar-refractivity contribution in [2.24, 2.45) is 11.7 Å². The van der Waals surface area contributed by atoms with Gasteiger partial charge < -0.3 is 16.2 Å². The van der Waals surface area contributed by atoms with Crippen LogP contribution < -0.4 is 11.1 Å². The van der Waals surface area contributed by atoms with E-state index in [4.69, 9.17) is 10.8 Å². The highest BCUT2D eigenvalue weighted by molar-refractivity contribution is 5.91. The number of aromatic nitrogens is 1. The van der Waals surface area contributed by atoms with Crippen molar-refractivity contribution in [2.45, 2.75) is 19.9 Å². The number of hydrogen-bond acceptors (Lipinski definition) is 4. The first-order valence-corrected chi connectivity index (χ1v) is 5.18. The monoisotopic (exact) mass is 223 g/mol. The van der Waals surface area contributed by atoms with Crippen molar-refractivity contribution in [3.8, 4) is 0 Å². The molecule has 88 valence electrons. The van der Waals surface area contributed by atoms with Gasteiger partial charge in [0, 0.05) is 11.9 Å². The molecule has 1 aromatic rings. The van der Waals surface area contributed by atoms with Gasteiger partial charge in [-0.2, -0.15) is 0 Å². The van der Waals surface area contributed by atoms with Gasteiger partial charge in [0.05, 0.1) is 12.6 Å². The summed E-state index contributed by atoms with van der Waals surface area (Å²) >= 11 is 0. The molecule has 4 N–H and O–H groups in total. The lowest BCUT2D eigenvalue weighted by atomic mass is 10.1. The maximum Gasteiger partial charge on any atom is 0.267 e. The van der Waals surface area contributed by atoms with Gasteiger partial charge in [-0.15, -0.1) is 0 Å². The zero-order valence-corrected chi connectivity index (χ0v) is 9.47. The smallest absolute Gasteiger partial charge is 0.267 e. The van der Waals surface area contributed by atoms with E-state index in [1.54, 1.807) is 12.1 Å². The van der Waals surface area contributed by atoms with Crippen LogP contribution in [0.4, 0.5) is 5.69 Å². The molecule has 1 aromatic heterocycles. The lowest BCUT2D eigenvalue weighted by Gasteiger charge is -2.21. The average molecular weight is 223 g/mol. The first-order chi connectivity index (χ1) is 7.54. The number of aliphatic hydroxyl groups is 1. The fraction of sp³-hybridized carbons (Fsp3) is 0.455. The van der Waals surface area contributed by atoms with Gasteiger partial charge in [0.25, 0.3) is 5.91 Å². The van der Waals surface area contributed by atoms with Gasteiger partial charge in [0.15, 0.2) is 0 Å². The molecule has 0 aliphatic rings. The number of nitrogens with one attached hydrogen (secondary N) is 1. The predicted molar refractivity (Wildman–Crippen MR) is 62.1 cm³/mol. The summed E-state index contributed by atoms with van der Waals surface area (Å²) in [5.74, 6) is -0.274. The molecule has 0 fully saturated rings. The molecular formula is C11H17N3O2. The fourth-order valence-corrected chi connectivity index (χ4v) is 1.29. The highest BCUT2D eigenvalue weighted by Gasteiger charge is 2.12. The number of primary amides is 1. The average Bonchev–Trinajstić information content (AvgIpc) is 2.25. The van der Waals surface area contributed by atoms with Gasteiger partial charge in [0.1, 0.15) is 5.69 Å². The normalized spacial score (nSPS) is 12.5. The summed E-state index contributed by atoms with van der Waals surface area (Å²) in [5.41, 5.74) is 6.07. The highest BCUT2D eigenvalue weighted by Crippen LogP contribution is 2.12. The Hall–Kier alpha value is -1.62. The molecule has 0 spiro atoms. The Balaban J connectivity index is 2.80. The molecule has 1 amide bonds. The fourth-order valence-electron chi connectivity index (χ4n) is 1.29. The molecule has 0 saturated heterocycles. The van der Waals surface area contributed by atoms with Crippen LogP contribution in [0.25, 0.3) is 0 Å². The molecule has 0 aromatic carbocycles. The lowest BCUT2D eigenvalue weighted by Crippen LogP contribution is -2.29. The zero-order chi connectivity index (χ0) is 12.1. The number of hydrogen-bond donors (Lipinski definition) is 3. The van der Waals surface area contributed by atoms with Crippen molar-refractivity contribution in [1.29, 1.82) is 0 Å². The van der Waals surface area contributed by atoms with Crippen molar-refractivity contribution >= 4 is 11.6 Å². The second-order valence-electron chi connectivity index (χ2n) is 3.97. The van der Waals surface area contributed by atoms with Crippen LogP contribution in [0.1, 0.15) is 24.3 Å². The molecule has 0 aliphatic carbocycles. The first kappa shape index (κ1) is 12.4. The molecule has 1 atom stereocenters. The van der Waals surface area contributed by atoms with Crippen molar-refractivity contribution in [3.05, 3.63) is 24.0 Å². The van der Waals surface area contributed by atoms with Gasteiger partial charge >= 0.3 is 0 Å². The molecule has 1 rings (SSSR count). The van der Waals surface area contributed by atoms with E-state index in [0.29, 0.717) is 0 Å². The largest absolute Gasteiger partial charge is 0.394 e. The number of anilines is 1. The minimum atomic E-state index is -0.561. The maximum atomic E-state index is 10.9. The Kier molecular flexibility index (Phi) is 4.25. The number of carbonyl (C=O) groups excluding carboxylic acids is 1. The second kappa shape index (κ2) is 5.46. The maximum absolute atomic E-state index is 10.9. The summed E-state index contributed by atoms with van der Waals surface area (Å²) in [6, 6.07) is 3.26. The molecular weight excluding hydrogens is 206 g/mol. The molecule has 5 heteroatoms. The lowest BCUT2D eigenvalue weighted by molar-refractivity contribution is 0.0995. The topological polar surface area (TPSA) is 88.2 Å². The van der Waals surface area contributed by atoms with Crippen LogP contribution >= 0.6 is 0 Å². The van der Waals surface area contributed by atoms with Crippen LogP contribution in [0, 0.1) is 5.92 Å². The summed E-state index contributed by atoms with van der Waals surface area (Å²) in [5, 5.41) is 12.3. The van der Waals surface area contributed by atoms with Crippen molar-refractivity contribution < 1.29 is 9.90 Å². The number of rotatable bonds is 5. The second-order valence-corrected chi connectivity index (χ2v) is 3.97. The van der Waals surface area contributed by atoms with E-state index in [-0.39, 0.29) is 24.3 Å². The number of nitrogens with two attached hydrogens (primary N) is 1. The highest BCUT2D eigenvalue weighted by atomic mass is 16.3. The Labute approximate surface area is 94.7 Å².